The minimum Gasteiger partial charge on any atom is -0.460 e. The summed E-state index contributed by atoms with van der Waals surface area (Å²) in [5, 5.41) is 2.56. The van der Waals surface area contributed by atoms with Gasteiger partial charge in [0.1, 0.15) is 13.2 Å². The molecule has 1 amide bonds. The molecular formula is C18H19NO3S. The smallest absolute Gasteiger partial charge is 0.325 e. The molecule has 1 N–H and O–H groups in total. The molecule has 2 rings (SSSR count). The van der Waals surface area contributed by atoms with E-state index in [4.69, 9.17) is 4.74 Å². The first-order chi connectivity index (χ1) is 11.1. The summed E-state index contributed by atoms with van der Waals surface area (Å²) < 4.78 is 5.15. The van der Waals surface area contributed by atoms with Crippen molar-refractivity contribution in [3.8, 4) is 0 Å². The van der Waals surface area contributed by atoms with Crippen LogP contribution >= 0.6 is 11.8 Å². The Morgan fingerprint density at radius 1 is 1.04 bits per heavy atom. The average molecular weight is 329 g/mol. The maximum atomic E-state index is 11.9. The summed E-state index contributed by atoms with van der Waals surface area (Å²) in [7, 11) is 0. The predicted octanol–water partition coefficient (Wildman–Crippen LogP) is 3.19. The molecule has 2 aromatic carbocycles. The predicted molar refractivity (Wildman–Crippen MR) is 91.5 cm³/mol. The van der Waals surface area contributed by atoms with Crippen molar-refractivity contribution in [2.45, 2.75) is 18.4 Å². The van der Waals surface area contributed by atoms with Crippen LogP contribution in [0, 0.1) is 6.92 Å². The van der Waals surface area contributed by atoms with Crippen molar-refractivity contribution in [2.24, 2.45) is 0 Å². The van der Waals surface area contributed by atoms with E-state index in [1.54, 1.807) is 23.9 Å². The van der Waals surface area contributed by atoms with Crippen molar-refractivity contribution in [1.82, 2.24) is 5.32 Å². The molecule has 0 atom stereocenters. The van der Waals surface area contributed by atoms with Gasteiger partial charge in [-0.3, -0.25) is 9.59 Å². The highest BCUT2D eigenvalue weighted by Crippen LogP contribution is 2.15. The molecule has 0 radical (unpaired) electrons. The fourth-order valence-electron chi connectivity index (χ4n) is 1.90. The van der Waals surface area contributed by atoms with Gasteiger partial charge in [-0.05, 0) is 43.0 Å². The molecular weight excluding hydrogens is 310 g/mol. The fourth-order valence-corrected chi connectivity index (χ4v) is 2.30. The Balaban J connectivity index is 1.76. The Morgan fingerprint density at radius 3 is 2.30 bits per heavy atom. The van der Waals surface area contributed by atoms with Gasteiger partial charge in [0.2, 0.25) is 0 Å². The lowest BCUT2D eigenvalue weighted by Gasteiger charge is -2.07. The van der Waals surface area contributed by atoms with Crippen LogP contribution < -0.4 is 5.32 Å². The molecule has 23 heavy (non-hydrogen) atoms. The first kappa shape index (κ1) is 17.1. The Bertz CT molecular complexity index is 666. The normalized spacial score (nSPS) is 10.2. The first-order valence-corrected chi connectivity index (χ1v) is 8.44. The second-order valence-electron chi connectivity index (χ2n) is 5.06. The highest BCUT2D eigenvalue weighted by molar-refractivity contribution is 7.98. The van der Waals surface area contributed by atoms with Gasteiger partial charge in [-0.25, -0.2) is 0 Å². The summed E-state index contributed by atoms with van der Waals surface area (Å²) in [4.78, 5) is 24.7. The summed E-state index contributed by atoms with van der Waals surface area (Å²) in [6.45, 7) is 2.01. The van der Waals surface area contributed by atoms with Crippen LogP contribution in [0.15, 0.2) is 53.4 Å². The van der Waals surface area contributed by atoms with E-state index in [2.05, 4.69) is 5.32 Å². The molecule has 0 aliphatic rings. The van der Waals surface area contributed by atoms with Crippen molar-refractivity contribution in [3.05, 3.63) is 65.2 Å². The van der Waals surface area contributed by atoms with Crippen LogP contribution in [0.3, 0.4) is 0 Å². The number of aryl methyl sites for hydroxylation is 1. The highest BCUT2D eigenvalue weighted by Gasteiger charge is 2.08. The molecule has 0 heterocycles. The van der Waals surface area contributed by atoms with Crippen molar-refractivity contribution < 1.29 is 14.3 Å². The number of esters is 1. The van der Waals surface area contributed by atoms with Gasteiger partial charge in [0, 0.05) is 10.5 Å². The lowest BCUT2D eigenvalue weighted by atomic mass is 10.1. The molecule has 120 valence electrons. The van der Waals surface area contributed by atoms with Crippen LogP contribution in [0.25, 0.3) is 0 Å². The molecule has 0 saturated heterocycles. The van der Waals surface area contributed by atoms with E-state index in [-0.39, 0.29) is 19.1 Å². The molecule has 0 saturated carbocycles. The van der Waals surface area contributed by atoms with Gasteiger partial charge in [-0.2, -0.15) is 0 Å². The Hall–Kier alpha value is -2.27. The van der Waals surface area contributed by atoms with Gasteiger partial charge in [-0.1, -0.05) is 29.8 Å². The first-order valence-electron chi connectivity index (χ1n) is 7.22. The third-order valence-corrected chi connectivity index (χ3v) is 4.01. The molecule has 0 fully saturated rings. The third-order valence-electron chi connectivity index (χ3n) is 3.27. The van der Waals surface area contributed by atoms with E-state index in [0.29, 0.717) is 5.56 Å². The molecule has 0 spiro atoms. The van der Waals surface area contributed by atoms with Gasteiger partial charge in [-0.15, -0.1) is 11.8 Å². The van der Waals surface area contributed by atoms with Gasteiger partial charge in [0.25, 0.3) is 5.91 Å². The van der Waals surface area contributed by atoms with Crippen LogP contribution in [0.2, 0.25) is 0 Å². The SMILES string of the molecule is CSc1ccc(COC(=O)CNC(=O)c2ccc(C)cc2)cc1. The van der Waals surface area contributed by atoms with E-state index in [0.717, 1.165) is 16.0 Å². The summed E-state index contributed by atoms with van der Waals surface area (Å²) in [6.07, 6.45) is 2.01. The van der Waals surface area contributed by atoms with E-state index < -0.39 is 5.97 Å². The van der Waals surface area contributed by atoms with Gasteiger partial charge >= 0.3 is 5.97 Å². The zero-order chi connectivity index (χ0) is 16.7. The number of rotatable bonds is 6. The molecule has 2 aromatic rings. The summed E-state index contributed by atoms with van der Waals surface area (Å²) >= 11 is 1.66. The van der Waals surface area contributed by atoms with Crippen LogP contribution in [0.5, 0.6) is 0 Å². The monoisotopic (exact) mass is 329 g/mol. The number of benzene rings is 2. The van der Waals surface area contributed by atoms with E-state index in [9.17, 15) is 9.59 Å². The number of carbonyl (C=O) groups is 2. The van der Waals surface area contributed by atoms with Crippen molar-refractivity contribution in [3.63, 3.8) is 0 Å². The Labute approximate surface area is 140 Å². The highest BCUT2D eigenvalue weighted by atomic mass is 32.2. The van der Waals surface area contributed by atoms with Crippen molar-refractivity contribution in [1.29, 1.82) is 0 Å². The summed E-state index contributed by atoms with van der Waals surface area (Å²) in [5.74, 6) is -0.745. The van der Waals surface area contributed by atoms with Gasteiger partial charge in [0.05, 0.1) is 0 Å². The topological polar surface area (TPSA) is 55.4 Å². The summed E-state index contributed by atoms with van der Waals surface area (Å²) in [6, 6.07) is 15.0. The minimum atomic E-state index is -0.459. The number of nitrogens with one attached hydrogen (secondary N) is 1. The maximum Gasteiger partial charge on any atom is 0.325 e. The molecule has 0 aliphatic carbocycles. The van der Waals surface area contributed by atoms with Crippen molar-refractivity contribution >= 4 is 23.6 Å². The second kappa shape index (κ2) is 8.39. The third kappa shape index (κ3) is 5.45. The molecule has 0 aromatic heterocycles. The quantitative estimate of drug-likeness (QED) is 0.653. The van der Waals surface area contributed by atoms with E-state index in [1.165, 1.54) is 0 Å². The fraction of sp³-hybridized carbons (Fsp3) is 0.222. The Kier molecular flexibility index (Phi) is 6.23. The van der Waals surface area contributed by atoms with Crippen LogP contribution in [-0.2, 0) is 16.1 Å². The minimum absolute atomic E-state index is 0.143. The van der Waals surface area contributed by atoms with Crippen molar-refractivity contribution in [2.75, 3.05) is 12.8 Å². The summed E-state index contributed by atoms with van der Waals surface area (Å²) in [5.41, 5.74) is 2.52. The van der Waals surface area contributed by atoms with Gasteiger partial charge in [0.15, 0.2) is 0 Å². The standard InChI is InChI=1S/C18H19NO3S/c1-13-3-7-15(8-4-13)18(21)19-11-17(20)22-12-14-5-9-16(23-2)10-6-14/h3-10H,11-12H2,1-2H3,(H,19,21). The molecule has 0 aliphatic heterocycles. The zero-order valence-electron chi connectivity index (χ0n) is 13.2. The Morgan fingerprint density at radius 2 is 1.70 bits per heavy atom. The van der Waals surface area contributed by atoms with Crippen LogP contribution in [0.1, 0.15) is 21.5 Å². The molecule has 0 unspecified atom stereocenters. The van der Waals surface area contributed by atoms with E-state index >= 15 is 0 Å². The van der Waals surface area contributed by atoms with Crippen LogP contribution in [-0.4, -0.2) is 24.7 Å². The number of ether oxygens (including phenoxy) is 1. The number of hydrogen-bond acceptors (Lipinski definition) is 4. The lowest BCUT2D eigenvalue weighted by Crippen LogP contribution is -2.30. The number of thioether (sulfide) groups is 1. The average Bonchev–Trinajstić information content (AvgIpc) is 2.59. The molecule has 4 nitrogen and oxygen atoms in total. The van der Waals surface area contributed by atoms with Crippen LogP contribution in [0.4, 0.5) is 0 Å². The second-order valence-corrected chi connectivity index (χ2v) is 5.94. The largest absolute Gasteiger partial charge is 0.460 e. The van der Waals surface area contributed by atoms with E-state index in [1.807, 2.05) is 49.6 Å². The molecule has 0 bridgehead atoms. The number of carbonyl (C=O) groups excluding carboxylic acids is 2. The number of amides is 1. The lowest BCUT2D eigenvalue weighted by molar-refractivity contribution is -0.143. The maximum absolute atomic E-state index is 11.9. The molecule has 5 heteroatoms. The zero-order valence-corrected chi connectivity index (χ0v) is 14.0. The van der Waals surface area contributed by atoms with Gasteiger partial charge < -0.3 is 10.1 Å². The number of hydrogen-bond donors (Lipinski definition) is 1.